The van der Waals surface area contributed by atoms with Gasteiger partial charge < -0.3 is 24.4 Å². The van der Waals surface area contributed by atoms with Crippen molar-refractivity contribution in [3.8, 4) is 17.2 Å². The first-order chi connectivity index (χ1) is 16.9. The van der Waals surface area contributed by atoms with Gasteiger partial charge in [0, 0.05) is 28.8 Å². The first-order valence-corrected chi connectivity index (χ1v) is 11.6. The second-order valence-electron chi connectivity index (χ2n) is 7.84. The molecule has 35 heavy (non-hydrogen) atoms. The van der Waals surface area contributed by atoms with E-state index in [-0.39, 0.29) is 18.9 Å². The van der Waals surface area contributed by atoms with E-state index in [1.807, 2.05) is 0 Å². The highest BCUT2D eigenvalue weighted by Crippen LogP contribution is 2.29. The Labute approximate surface area is 210 Å². The lowest BCUT2D eigenvalue weighted by Crippen LogP contribution is -2.28. The fraction of sp³-hybridized carbons (Fsp3) is 0.192. The van der Waals surface area contributed by atoms with E-state index in [9.17, 15) is 14.4 Å². The Bertz CT molecular complexity index is 1200. The van der Waals surface area contributed by atoms with Crippen LogP contribution in [0.5, 0.6) is 17.2 Å². The number of carbonyl (C=O) groups excluding carboxylic acids is 3. The number of nitrogens with zero attached hydrogens (tertiary/aromatic N) is 1. The minimum absolute atomic E-state index is 0.0251. The summed E-state index contributed by atoms with van der Waals surface area (Å²) in [6.07, 6.45) is 0.0251. The number of amides is 2. The van der Waals surface area contributed by atoms with E-state index in [4.69, 9.17) is 14.2 Å². The standard InChI is InChI=1S/C26H23BrN2O6/c1-33-21-10-12-23(13-11-21)35-22-8-6-20(7-9-22)29-15-17(14-25(29)31)26(32)34-16-24(30)28-19-4-2-18(27)3-5-19/h2-13,17H,14-16H2,1H3,(H,28,30)/t17-/m1/s1. The molecule has 2 amide bonds. The summed E-state index contributed by atoms with van der Waals surface area (Å²) >= 11 is 3.32. The molecular formula is C26H23BrN2O6. The largest absolute Gasteiger partial charge is 0.497 e. The Morgan fingerprint density at radius 1 is 0.943 bits per heavy atom. The summed E-state index contributed by atoms with van der Waals surface area (Å²) in [5.41, 5.74) is 1.25. The maximum absolute atomic E-state index is 12.5. The van der Waals surface area contributed by atoms with Gasteiger partial charge in [-0.2, -0.15) is 0 Å². The number of methoxy groups -OCH3 is 1. The van der Waals surface area contributed by atoms with Crippen LogP contribution in [0.2, 0.25) is 0 Å². The van der Waals surface area contributed by atoms with E-state index in [0.717, 1.165) is 10.2 Å². The van der Waals surface area contributed by atoms with Crippen LogP contribution in [0.3, 0.4) is 0 Å². The Hall–Kier alpha value is -3.85. The number of benzene rings is 3. The molecule has 1 atom stereocenters. The molecule has 1 heterocycles. The summed E-state index contributed by atoms with van der Waals surface area (Å²) in [4.78, 5) is 38.6. The van der Waals surface area contributed by atoms with E-state index >= 15 is 0 Å². The van der Waals surface area contributed by atoms with E-state index in [1.54, 1.807) is 79.9 Å². The van der Waals surface area contributed by atoms with Crippen molar-refractivity contribution in [1.82, 2.24) is 0 Å². The Kier molecular flexibility index (Phi) is 7.67. The van der Waals surface area contributed by atoms with Crippen molar-refractivity contribution in [1.29, 1.82) is 0 Å². The summed E-state index contributed by atoms with van der Waals surface area (Å²) in [5.74, 6) is 0.147. The Morgan fingerprint density at radius 2 is 1.54 bits per heavy atom. The van der Waals surface area contributed by atoms with Crippen LogP contribution < -0.4 is 19.7 Å². The molecule has 3 aromatic carbocycles. The zero-order valence-corrected chi connectivity index (χ0v) is 20.5. The number of carbonyl (C=O) groups is 3. The molecule has 1 fully saturated rings. The van der Waals surface area contributed by atoms with Crippen molar-refractivity contribution in [3.63, 3.8) is 0 Å². The number of hydrogen-bond donors (Lipinski definition) is 1. The van der Waals surface area contributed by atoms with Crippen LogP contribution in [0.25, 0.3) is 0 Å². The fourth-order valence-corrected chi connectivity index (χ4v) is 3.84. The molecule has 1 aliphatic rings. The van der Waals surface area contributed by atoms with Crippen molar-refractivity contribution >= 4 is 45.1 Å². The van der Waals surface area contributed by atoms with Gasteiger partial charge in [-0.05, 0) is 72.8 Å². The first kappa shape index (κ1) is 24.3. The van der Waals surface area contributed by atoms with Crippen LogP contribution in [0, 0.1) is 5.92 Å². The maximum atomic E-state index is 12.5. The van der Waals surface area contributed by atoms with Crippen LogP contribution in [0.4, 0.5) is 11.4 Å². The third kappa shape index (κ3) is 6.39. The highest BCUT2D eigenvalue weighted by molar-refractivity contribution is 9.10. The number of esters is 1. The first-order valence-electron chi connectivity index (χ1n) is 10.9. The molecule has 0 unspecified atom stereocenters. The fourth-order valence-electron chi connectivity index (χ4n) is 3.57. The summed E-state index contributed by atoms with van der Waals surface area (Å²) < 4.78 is 17.0. The molecule has 3 aromatic rings. The van der Waals surface area contributed by atoms with Gasteiger partial charge in [0.15, 0.2) is 6.61 Å². The summed E-state index contributed by atoms with van der Waals surface area (Å²) in [7, 11) is 1.60. The molecule has 1 aliphatic heterocycles. The normalized spacial score (nSPS) is 15.0. The lowest BCUT2D eigenvalue weighted by molar-refractivity contribution is -0.151. The minimum Gasteiger partial charge on any atom is -0.497 e. The van der Waals surface area contributed by atoms with E-state index in [0.29, 0.717) is 22.9 Å². The van der Waals surface area contributed by atoms with Gasteiger partial charge in [0.1, 0.15) is 17.2 Å². The van der Waals surface area contributed by atoms with Gasteiger partial charge in [0.2, 0.25) is 5.91 Å². The lowest BCUT2D eigenvalue weighted by atomic mass is 10.1. The van der Waals surface area contributed by atoms with Crippen LogP contribution in [-0.2, 0) is 19.1 Å². The van der Waals surface area contributed by atoms with Gasteiger partial charge >= 0.3 is 5.97 Å². The molecule has 0 spiro atoms. The molecule has 9 heteroatoms. The van der Waals surface area contributed by atoms with Crippen LogP contribution >= 0.6 is 15.9 Å². The molecule has 0 bridgehead atoms. The predicted octanol–water partition coefficient (Wildman–Crippen LogP) is 4.78. The molecule has 0 saturated carbocycles. The molecule has 0 radical (unpaired) electrons. The Morgan fingerprint density at radius 3 is 2.17 bits per heavy atom. The van der Waals surface area contributed by atoms with Gasteiger partial charge in [-0.3, -0.25) is 14.4 Å². The van der Waals surface area contributed by atoms with E-state index < -0.39 is 24.4 Å². The van der Waals surface area contributed by atoms with Crippen molar-refractivity contribution in [2.75, 3.05) is 30.5 Å². The average Bonchev–Trinajstić information content (AvgIpc) is 3.26. The van der Waals surface area contributed by atoms with Gasteiger partial charge in [-0.1, -0.05) is 15.9 Å². The van der Waals surface area contributed by atoms with Gasteiger partial charge in [0.05, 0.1) is 13.0 Å². The minimum atomic E-state index is -0.641. The summed E-state index contributed by atoms with van der Waals surface area (Å²) in [5, 5.41) is 2.65. The quantitative estimate of drug-likeness (QED) is 0.414. The highest BCUT2D eigenvalue weighted by atomic mass is 79.9. The number of hydrogen-bond acceptors (Lipinski definition) is 6. The zero-order chi connectivity index (χ0) is 24.8. The number of rotatable bonds is 8. The number of anilines is 2. The second kappa shape index (κ2) is 11.1. The van der Waals surface area contributed by atoms with Crippen LogP contribution in [-0.4, -0.2) is 38.0 Å². The van der Waals surface area contributed by atoms with Crippen molar-refractivity contribution < 1.29 is 28.6 Å². The molecule has 1 N–H and O–H groups in total. The summed E-state index contributed by atoms with van der Waals surface area (Å²) in [6, 6.07) is 21.3. The molecular weight excluding hydrogens is 516 g/mol. The number of halogens is 1. The third-order valence-electron chi connectivity index (χ3n) is 5.38. The molecule has 0 aliphatic carbocycles. The summed E-state index contributed by atoms with van der Waals surface area (Å²) in [6.45, 7) is -0.234. The molecule has 180 valence electrons. The third-order valence-corrected chi connectivity index (χ3v) is 5.90. The smallest absolute Gasteiger partial charge is 0.311 e. The van der Waals surface area contributed by atoms with E-state index in [2.05, 4.69) is 21.2 Å². The lowest BCUT2D eigenvalue weighted by Gasteiger charge is -2.17. The SMILES string of the molecule is COc1ccc(Oc2ccc(N3C[C@H](C(=O)OCC(=O)Nc4ccc(Br)cc4)CC3=O)cc2)cc1. The van der Waals surface area contributed by atoms with Crippen molar-refractivity contribution in [2.24, 2.45) is 5.92 Å². The van der Waals surface area contributed by atoms with Crippen LogP contribution in [0.1, 0.15) is 6.42 Å². The number of nitrogens with one attached hydrogen (secondary N) is 1. The maximum Gasteiger partial charge on any atom is 0.311 e. The molecule has 0 aromatic heterocycles. The monoisotopic (exact) mass is 538 g/mol. The van der Waals surface area contributed by atoms with Crippen molar-refractivity contribution in [3.05, 3.63) is 77.3 Å². The van der Waals surface area contributed by atoms with Gasteiger partial charge in [-0.25, -0.2) is 0 Å². The predicted molar refractivity (Wildman–Crippen MR) is 134 cm³/mol. The van der Waals surface area contributed by atoms with E-state index in [1.165, 1.54) is 4.90 Å². The Balaban J connectivity index is 1.28. The highest BCUT2D eigenvalue weighted by Gasteiger charge is 2.36. The van der Waals surface area contributed by atoms with Gasteiger partial charge in [-0.15, -0.1) is 0 Å². The molecule has 1 saturated heterocycles. The average molecular weight is 539 g/mol. The zero-order valence-electron chi connectivity index (χ0n) is 18.9. The van der Waals surface area contributed by atoms with Crippen LogP contribution in [0.15, 0.2) is 77.3 Å². The molecule has 4 rings (SSSR count). The van der Waals surface area contributed by atoms with Gasteiger partial charge in [0.25, 0.3) is 5.91 Å². The second-order valence-corrected chi connectivity index (χ2v) is 8.76. The van der Waals surface area contributed by atoms with Crippen molar-refractivity contribution in [2.45, 2.75) is 6.42 Å². The topological polar surface area (TPSA) is 94.2 Å². The molecule has 8 nitrogen and oxygen atoms in total. The number of ether oxygens (including phenoxy) is 3.